The Balaban J connectivity index is 1.78. The summed E-state index contributed by atoms with van der Waals surface area (Å²) in [7, 11) is 0. The van der Waals surface area contributed by atoms with Gasteiger partial charge in [0.15, 0.2) is 0 Å². The van der Waals surface area contributed by atoms with E-state index in [2.05, 4.69) is 33.5 Å². The maximum absolute atomic E-state index is 6.23. The van der Waals surface area contributed by atoms with Gasteiger partial charge in [-0.1, -0.05) is 0 Å². The van der Waals surface area contributed by atoms with Gasteiger partial charge < -0.3 is 5.73 Å². The first kappa shape index (κ1) is 13.1. The normalized spacial score (nSPS) is 28.0. The Labute approximate surface area is 115 Å². The molecule has 106 valence electrons. The summed E-state index contributed by atoms with van der Waals surface area (Å²) in [5.41, 5.74) is 6.23. The monoisotopic (exact) mass is 263 g/mol. The highest BCUT2D eigenvalue weighted by atomic mass is 15.3. The second kappa shape index (κ2) is 5.21. The predicted molar refractivity (Wildman–Crippen MR) is 74.8 cm³/mol. The van der Waals surface area contributed by atoms with Gasteiger partial charge in [0, 0.05) is 24.9 Å². The standard InChI is InChI=1S/C14H25N5/c1-10(2)18-8-4-5-11(18)9-14-17-16-13-7-3-6-12(15)19(13)14/h10-12H,3-9,15H2,1-2H3. The van der Waals surface area contributed by atoms with Crippen LogP contribution in [0.25, 0.3) is 0 Å². The van der Waals surface area contributed by atoms with E-state index in [1.165, 1.54) is 19.4 Å². The van der Waals surface area contributed by atoms with Crippen molar-refractivity contribution in [3.8, 4) is 0 Å². The summed E-state index contributed by atoms with van der Waals surface area (Å²) in [4.78, 5) is 2.59. The van der Waals surface area contributed by atoms with Crippen LogP contribution in [0.3, 0.4) is 0 Å². The van der Waals surface area contributed by atoms with Gasteiger partial charge in [-0.15, -0.1) is 10.2 Å². The summed E-state index contributed by atoms with van der Waals surface area (Å²) in [5.74, 6) is 2.18. The summed E-state index contributed by atoms with van der Waals surface area (Å²) in [6.45, 7) is 5.78. The van der Waals surface area contributed by atoms with Crippen molar-refractivity contribution in [2.45, 2.75) is 70.6 Å². The smallest absolute Gasteiger partial charge is 0.135 e. The van der Waals surface area contributed by atoms with Crippen molar-refractivity contribution in [1.82, 2.24) is 19.7 Å². The number of rotatable bonds is 3. The van der Waals surface area contributed by atoms with E-state index in [1.54, 1.807) is 0 Å². The number of aryl methyl sites for hydroxylation is 1. The van der Waals surface area contributed by atoms with E-state index < -0.39 is 0 Å². The van der Waals surface area contributed by atoms with Gasteiger partial charge >= 0.3 is 0 Å². The van der Waals surface area contributed by atoms with Gasteiger partial charge in [0.25, 0.3) is 0 Å². The molecule has 0 bridgehead atoms. The van der Waals surface area contributed by atoms with Gasteiger partial charge in [0.05, 0.1) is 6.17 Å². The second-order valence-corrected chi connectivity index (χ2v) is 6.19. The Morgan fingerprint density at radius 1 is 1.26 bits per heavy atom. The predicted octanol–water partition coefficient (Wildman–Crippen LogP) is 1.49. The number of nitrogens with two attached hydrogens (primary N) is 1. The van der Waals surface area contributed by atoms with Crippen LogP contribution < -0.4 is 5.73 Å². The Kier molecular flexibility index (Phi) is 3.58. The number of nitrogens with zero attached hydrogens (tertiary/aromatic N) is 4. The van der Waals surface area contributed by atoms with Crippen molar-refractivity contribution >= 4 is 0 Å². The number of aromatic nitrogens is 3. The lowest BCUT2D eigenvalue weighted by Crippen LogP contribution is -2.38. The lowest BCUT2D eigenvalue weighted by Gasteiger charge is -2.29. The maximum Gasteiger partial charge on any atom is 0.135 e. The lowest BCUT2D eigenvalue weighted by molar-refractivity contribution is 0.198. The fourth-order valence-electron chi connectivity index (χ4n) is 3.62. The molecule has 2 N–H and O–H groups in total. The molecular formula is C14H25N5. The van der Waals surface area contributed by atoms with E-state index in [9.17, 15) is 0 Å². The van der Waals surface area contributed by atoms with Gasteiger partial charge in [-0.05, 0) is 46.1 Å². The maximum atomic E-state index is 6.23. The Hall–Kier alpha value is -0.940. The Morgan fingerprint density at radius 3 is 2.89 bits per heavy atom. The molecule has 19 heavy (non-hydrogen) atoms. The minimum atomic E-state index is 0.0858. The van der Waals surface area contributed by atoms with E-state index in [0.717, 1.165) is 37.3 Å². The van der Waals surface area contributed by atoms with Crippen LogP contribution in [0.5, 0.6) is 0 Å². The first-order valence-electron chi connectivity index (χ1n) is 7.61. The minimum absolute atomic E-state index is 0.0858. The number of fused-ring (bicyclic) bond motifs is 1. The lowest BCUT2D eigenvalue weighted by atomic mass is 10.1. The van der Waals surface area contributed by atoms with Crippen molar-refractivity contribution in [3.63, 3.8) is 0 Å². The van der Waals surface area contributed by atoms with E-state index in [4.69, 9.17) is 5.73 Å². The van der Waals surface area contributed by atoms with E-state index in [1.807, 2.05) is 0 Å². The molecule has 0 amide bonds. The van der Waals surface area contributed by atoms with Crippen LogP contribution in [0.4, 0.5) is 0 Å². The van der Waals surface area contributed by atoms with Gasteiger partial charge in [-0.25, -0.2) is 0 Å². The van der Waals surface area contributed by atoms with Crippen LogP contribution in [0, 0.1) is 0 Å². The molecule has 0 saturated carbocycles. The van der Waals surface area contributed by atoms with Crippen LogP contribution in [-0.2, 0) is 12.8 Å². The molecule has 3 rings (SSSR count). The third-order valence-corrected chi connectivity index (χ3v) is 4.57. The molecule has 2 aliphatic heterocycles. The molecule has 0 aliphatic carbocycles. The highest BCUT2D eigenvalue weighted by molar-refractivity contribution is 5.04. The molecule has 0 radical (unpaired) electrons. The van der Waals surface area contributed by atoms with E-state index in [-0.39, 0.29) is 6.17 Å². The minimum Gasteiger partial charge on any atom is -0.311 e. The van der Waals surface area contributed by atoms with Crippen molar-refractivity contribution in [3.05, 3.63) is 11.6 Å². The largest absolute Gasteiger partial charge is 0.311 e. The second-order valence-electron chi connectivity index (χ2n) is 6.19. The number of likely N-dealkylation sites (tertiary alicyclic amines) is 1. The van der Waals surface area contributed by atoms with E-state index >= 15 is 0 Å². The van der Waals surface area contributed by atoms with Gasteiger partial charge in [0.1, 0.15) is 11.6 Å². The summed E-state index contributed by atoms with van der Waals surface area (Å²) < 4.78 is 2.19. The molecule has 2 atom stereocenters. The molecule has 2 aliphatic rings. The fraction of sp³-hybridized carbons (Fsp3) is 0.857. The molecule has 5 nitrogen and oxygen atoms in total. The number of hydrogen-bond acceptors (Lipinski definition) is 4. The van der Waals surface area contributed by atoms with Crippen LogP contribution in [-0.4, -0.2) is 38.3 Å². The zero-order valence-corrected chi connectivity index (χ0v) is 12.0. The van der Waals surface area contributed by atoms with Crippen LogP contribution >= 0.6 is 0 Å². The van der Waals surface area contributed by atoms with Gasteiger partial charge in [-0.2, -0.15) is 0 Å². The molecule has 1 fully saturated rings. The molecule has 0 spiro atoms. The van der Waals surface area contributed by atoms with Crippen molar-refractivity contribution in [1.29, 1.82) is 0 Å². The molecule has 0 aromatic carbocycles. The van der Waals surface area contributed by atoms with Crippen LogP contribution in [0.15, 0.2) is 0 Å². The molecule has 3 heterocycles. The molecule has 5 heteroatoms. The van der Waals surface area contributed by atoms with Gasteiger partial charge in [0.2, 0.25) is 0 Å². The molecule has 1 saturated heterocycles. The zero-order valence-electron chi connectivity index (χ0n) is 12.0. The third-order valence-electron chi connectivity index (χ3n) is 4.57. The van der Waals surface area contributed by atoms with Crippen molar-refractivity contribution in [2.75, 3.05) is 6.54 Å². The quantitative estimate of drug-likeness (QED) is 0.897. The average Bonchev–Trinajstić information content (AvgIpc) is 2.98. The van der Waals surface area contributed by atoms with Crippen molar-refractivity contribution < 1.29 is 0 Å². The zero-order chi connectivity index (χ0) is 13.4. The molecule has 2 unspecified atom stereocenters. The fourth-order valence-corrected chi connectivity index (χ4v) is 3.62. The Morgan fingerprint density at radius 2 is 2.11 bits per heavy atom. The highest BCUT2D eigenvalue weighted by Gasteiger charge is 2.30. The summed E-state index contributed by atoms with van der Waals surface area (Å²) in [6, 6.07) is 1.23. The van der Waals surface area contributed by atoms with Gasteiger partial charge in [-0.3, -0.25) is 9.47 Å². The molecular weight excluding hydrogens is 238 g/mol. The van der Waals surface area contributed by atoms with Crippen LogP contribution in [0.1, 0.15) is 57.3 Å². The van der Waals surface area contributed by atoms with Crippen molar-refractivity contribution in [2.24, 2.45) is 5.73 Å². The topological polar surface area (TPSA) is 60.0 Å². The first-order valence-corrected chi connectivity index (χ1v) is 7.61. The number of hydrogen-bond donors (Lipinski definition) is 1. The molecule has 1 aromatic heterocycles. The SMILES string of the molecule is CC(C)N1CCCC1Cc1nnc2n1C(N)CCC2. The average molecular weight is 263 g/mol. The summed E-state index contributed by atoms with van der Waals surface area (Å²) in [5, 5.41) is 8.75. The highest BCUT2D eigenvalue weighted by Crippen LogP contribution is 2.26. The van der Waals surface area contributed by atoms with E-state index in [0.29, 0.717) is 12.1 Å². The third kappa shape index (κ3) is 2.41. The first-order chi connectivity index (χ1) is 9.16. The molecule has 1 aromatic rings. The Bertz CT molecular complexity index is 439. The summed E-state index contributed by atoms with van der Waals surface area (Å²) in [6.07, 6.45) is 6.88. The van der Waals surface area contributed by atoms with Crippen LogP contribution in [0.2, 0.25) is 0 Å². The summed E-state index contributed by atoms with van der Waals surface area (Å²) >= 11 is 0.